The van der Waals surface area contributed by atoms with Crippen molar-refractivity contribution >= 4 is 20.9 Å². The standard InChI is InChI=1S/C16H19FN6O3S/c1-4-22-11(3)15(10(2)20-22)27(25,26)18-7-8-23-16(24)13-9-12(17)5-6-14(13)19-21-23/h5-6,9,18H,4,7-8H2,1-3H3. The average Bonchev–Trinajstić information content (AvgIpc) is 2.91. The van der Waals surface area contributed by atoms with Gasteiger partial charge >= 0.3 is 0 Å². The Morgan fingerprint density at radius 2 is 1.96 bits per heavy atom. The van der Waals surface area contributed by atoms with E-state index in [0.29, 0.717) is 17.9 Å². The minimum absolute atomic E-state index is 0.0441. The molecule has 1 aromatic carbocycles. The van der Waals surface area contributed by atoms with Crippen LogP contribution < -0.4 is 10.3 Å². The van der Waals surface area contributed by atoms with Crippen LogP contribution >= 0.6 is 0 Å². The van der Waals surface area contributed by atoms with Crippen LogP contribution in [0.1, 0.15) is 18.3 Å². The van der Waals surface area contributed by atoms with Gasteiger partial charge in [0.25, 0.3) is 5.56 Å². The number of benzene rings is 1. The molecule has 27 heavy (non-hydrogen) atoms. The van der Waals surface area contributed by atoms with E-state index in [1.54, 1.807) is 18.5 Å². The highest BCUT2D eigenvalue weighted by atomic mass is 32.2. The lowest BCUT2D eigenvalue weighted by Crippen LogP contribution is -2.33. The number of nitrogens with one attached hydrogen (secondary N) is 1. The third-order valence-corrected chi connectivity index (χ3v) is 5.90. The molecule has 3 aromatic rings. The fraction of sp³-hybridized carbons (Fsp3) is 0.375. The Bertz CT molecular complexity index is 1170. The average molecular weight is 394 g/mol. The summed E-state index contributed by atoms with van der Waals surface area (Å²) >= 11 is 0. The Hall–Kier alpha value is -2.66. The molecule has 0 unspecified atom stereocenters. The number of hydrogen-bond acceptors (Lipinski definition) is 6. The minimum Gasteiger partial charge on any atom is -0.268 e. The molecule has 1 N–H and O–H groups in total. The molecule has 0 amide bonds. The van der Waals surface area contributed by atoms with Crippen molar-refractivity contribution in [2.24, 2.45) is 0 Å². The normalized spacial score (nSPS) is 12.0. The van der Waals surface area contributed by atoms with Crippen LogP contribution in [0.2, 0.25) is 0 Å². The molecule has 9 nitrogen and oxygen atoms in total. The van der Waals surface area contributed by atoms with E-state index >= 15 is 0 Å². The molecule has 3 rings (SSSR count). The first-order chi connectivity index (χ1) is 12.7. The number of halogens is 1. The second-order valence-corrected chi connectivity index (χ2v) is 7.70. The summed E-state index contributed by atoms with van der Waals surface area (Å²) in [7, 11) is -3.80. The lowest BCUT2D eigenvalue weighted by atomic mass is 10.2. The first-order valence-electron chi connectivity index (χ1n) is 8.31. The molecule has 144 valence electrons. The van der Waals surface area contributed by atoms with Gasteiger partial charge in [0.05, 0.1) is 23.3 Å². The predicted molar refractivity (Wildman–Crippen MR) is 96.3 cm³/mol. The molecular weight excluding hydrogens is 375 g/mol. The van der Waals surface area contributed by atoms with Gasteiger partial charge in [-0.05, 0) is 39.0 Å². The van der Waals surface area contributed by atoms with Crippen molar-refractivity contribution in [3.63, 3.8) is 0 Å². The maximum absolute atomic E-state index is 13.4. The van der Waals surface area contributed by atoms with E-state index in [0.717, 1.165) is 10.7 Å². The Morgan fingerprint density at radius 3 is 2.63 bits per heavy atom. The highest BCUT2D eigenvalue weighted by Gasteiger charge is 2.24. The summed E-state index contributed by atoms with van der Waals surface area (Å²) in [6.45, 7) is 5.62. The monoisotopic (exact) mass is 394 g/mol. The van der Waals surface area contributed by atoms with Gasteiger partial charge in [-0.1, -0.05) is 5.21 Å². The fourth-order valence-electron chi connectivity index (χ4n) is 2.93. The topological polar surface area (TPSA) is 112 Å². The Balaban J connectivity index is 1.80. The summed E-state index contributed by atoms with van der Waals surface area (Å²) in [4.78, 5) is 12.5. The SMILES string of the molecule is CCn1nc(C)c(S(=O)(=O)NCCn2nnc3ccc(F)cc3c2=O)c1C. The highest BCUT2D eigenvalue weighted by molar-refractivity contribution is 7.89. The minimum atomic E-state index is -3.80. The van der Waals surface area contributed by atoms with E-state index in [9.17, 15) is 17.6 Å². The number of hydrogen-bond donors (Lipinski definition) is 1. The Labute approximate surface area is 154 Å². The predicted octanol–water partition coefficient (Wildman–Crippen LogP) is 0.742. The largest absolute Gasteiger partial charge is 0.277 e. The number of aryl methyl sites for hydroxylation is 2. The van der Waals surface area contributed by atoms with Crippen molar-refractivity contribution in [1.29, 1.82) is 0 Å². The van der Waals surface area contributed by atoms with E-state index < -0.39 is 21.4 Å². The van der Waals surface area contributed by atoms with Gasteiger partial charge in [-0.2, -0.15) is 5.10 Å². The van der Waals surface area contributed by atoms with Crippen LogP contribution in [0, 0.1) is 19.7 Å². The molecule has 0 spiro atoms. The van der Waals surface area contributed by atoms with Gasteiger partial charge in [0, 0.05) is 13.1 Å². The van der Waals surface area contributed by atoms with Crippen LogP contribution in [-0.2, 0) is 23.1 Å². The molecule has 11 heteroatoms. The van der Waals surface area contributed by atoms with Gasteiger partial charge < -0.3 is 0 Å². The molecule has 0 aliphatic heterocycles. The number of rotatable bonds is 6. The molecule has 2 heterocycles. The van der Waals surface area contributed by atoms with Crippen molar-refractivity contribution in [2.45, 2.75) is 38.8 Å². The lowest BCUT2D eigenvalue weighted by molar-refractivity contribution is 0.530. The third-order valence-electron chi connectivity index (χ3n) is 4.18. The lowest BCUT2D eigenvalue weighted by Gasteiger charge is -2.08. The quantitative estimate of drug-likeness (QED) is 0.660. The molecule has 0 aliphatic rings. The zero-order valence-electron chi connectivity index (χ0n) is 15.1. The number of aromatic nitrogens is 5. The first kappa shape index (κ1) is 19.1. The molecule has 0 saturated heterocycles. The highest BCUT2D eigenvalue weighted by Crippen LogP contribution is 2.18. The van der Waals surface area contributed by atoms with E-state index in [1.165, 1.54) is 12.1 Å². The van der Waals surface area contributed by atoms with Gasteiger partial charge in [-0.25, -0.2) is 22.2 Å². The number of fused-ring (bicyclic) bond motifs is 1. The number of nitrogens with zero attached hydrogens (tertiary/aromatic N) is 5. The van der Waals surface area contributed by atoms with E-state index in [2.05, 4.69) is 20.1 Å². The molecule has 0 fully saturated rings. The van der Waals surface area contributed by atoms with E-state index in [1.807, 2.05) is 6.92 Å². The van der Waals surface area contributed by atoms with Crippen LogP contribution in [-0.4, -0.2) is 39.7 Å². The van der Waals surface area contributed by atoms with Crippen LogP contribution in [0.3, 0.4) is 0 Å². The first-order valence-corrected chi connectivity index (χ1v) is 9.79. The van der Waals surface area contributed by atoms with Gasteiger partial charge in [-0.15, -0.1) is 5.10 Å². The molecule has 0 bridgehead atoms. The van der Waals surface area contributed by atoms with E-state index in [4.69, 9.17) is 0 Å². The molecule has 0 atom stereocenters. The van der Waals surface area contributed by atoms with Gasteiger partial charge in [-0.3, -0.25) is 9.48 Å². The summed E-state index contributed by atoms with van der Waals surface area (Å²) in [6.07, 6.45) is 0. The Morgan fingerprint density at radius 1 is 1.22 bits per heavy atom. The van der Waals surface area contributed by atoms with Crippen molar-refractivity contribution in [2.75, 3.05) is 6.54 Å². The van der Waals surface area contributed by atoms with Crippen molar-refractivity contribution < 1.29 is 12.8 Å². The zero-order valence-corrected chi connectivity index (χ0v) is 15.9. The van der Waals surface area contributed by atoms with Gasteiger partial charge in [0.1, 0.15) is 16.2 Å². The summed E-state index contributed by atoms with van der Waals surface area (Å²) in [5.74, 6) is -0.557. The second kappa shape index (κ2) is 7.16. The zero-order chi connectivity index (χ0) is 19.8. The maximum Gasteiger partial charge on any atom is 0.277 e. The summed E-state index contributed by atoms with van der Waals surface area (Å²) < 4.78 is 43.6. The smallest absolute Gasteiger partial charge is 0.268 e. The molecule has 0 saturated carbocycles. The molecule has 0 aliphatic carbocycles. The van der Waals surface area contributed by atoms with Gasteiger partial charge in [0.2, 0.25) is 10.0 Å². The van der Waals surface area contributed by atoms with Crippen molar-refractivity contribution in [1.82, 2.24) is 29.5 Å². The molecule has 0 radical (unpaired) electrons. The number of sulfonamides is 1. The van der Waals surface area contributed by atoms with Crippen LogP contribution in [0.25, 0.3) is 10.9 Å². The van der Waals surface area contributed by atoms with Crippen molar-refractivity contribution in [3.8, 4) is 0 Å². The summed E-state index contributed by atoms with van der Waals surface area (Å²) in [5.41, 5.74) is 0.682. The van der Waals surface area contributed by atoms with Crippen LogP contribution in [0.4, 0.5) is 4.39 Å². The maximum atomic E-state index is 13.4. The summed E-state index contributed by atoms with van der Waals surface area (Å²) in [5, 5.41) is 11.9. The fourth-order valence-corrected chi connectivity index (χ4v) is 4.36. The van der Waals surface area contributed by atoms with Crippen LogP contribution in [0.15, 0.2) is 27.9 Å². The molecular formula is C16H19FN6O3S. The van der Waals surface area contributed by atoms with E-state index in [-0.39, 0.29) is 28.9 Å². The third kappa shape index (κ3) is 3.60. The summed E-state index contributed by atoms with van der Waals surface area (Å²) in [6, 6.07) is 3.64. The second-order valence-electron chi connectivity index (χ2n) is 5.99. The van der Waals surface area contributed by atoms with Crippen molar-refractivity contribution in [3.05, 3.63) is 45.8 Å². The van der Waals surface area contributed by atoms with Gasteiger partial charge in [0.15, 0.2) is 0 Å². The van der Waals surface area contributed by atoms with Crippen LogP contribution in [0.5, 0.6) is 0 Å². The Kier molecular flexibility index (Phi) is 5.07. The molecule has 2 aromatic heterocycles.